The molecule has 0 spiro atoms. The number of imidazole rings is 2. The molecule has 2 aliphatic rings. The predicted molar refractivity (Wildman–Crippen MR) is 199 cm³/mol. The lowest BCUT2D eigenvalue weighted by atomic mass is 10.0. The molecule has 1 unspecified atom stereocenters. The van der Waals surface area contributed by atoms with Crippen molar-refractivity contribution < 1.29 is 33.8 Å². The number of rotatable bonds is 9. The number of carbonyl (C=O) groups is 4. The van der Waals surface area contributed by atoms with Crippen molar-refractivity contribution in [3.05, 3.63) is 71.4 Å². The van der Waals surface area contributed by atoms with Crippen LogP contribution in [0.1, 0.15) is 81.3 Å². The van der Waals surface area contributed by atoms with Crippen LogP contribution in [0.3, 0.4) is 0 Å². The summed E-state index contributed by atoms with van der Waals surface area (Å²) in [6, 6.07) is 11.1. The first-order valence-corrected chi connectivity index (χ1v) is 18.1. The molecule has 2 fully saturated rings. The lowest BCUT2D eigenvalue weighted by molar-refractivity contribution is -0.137. The Hall–Kier alpha value is -5.88. The van der Waals surface area contributed by atoms with Crippen LogP contribution in [0.25, 0.3) is 22.3 Å². The molecule has 5 atom stereocenters. The number of benzene rings is 2. The summed E-state index contributed by atoms with van der Waals surface area (Å²) in [5.74, 6) is 7.10. The van der Waals surface area contributed by atoms with E-state index in [1.165, 1.54) is 21.1 Å². The molecule has 54 heavy (non-hydrogen) atoms. The third-order valence-electron chi connectivity index (χ3n) is 9.94. The van der Waals surface area contributed by atoms with Crippen LogP contribution in [-0.4, -0.2) is 104 Å². The van der Waals surface area contributed by atoms with Crippen molar-refractivity contribution in [2.24, 2.45) is 5.92 Å². The third kappa shape index (κ3) is 8.18. The number of ether oxygens (including phenoxy) is 2. The Morgan fingerprint density at radius 2 is 1.39 bits per heavy atom. The fourth-order valence-corrected chi connectivity index (χ4v) is 7.06. The molecule has 2 saturated heterocycles. The summed E-state index contributed by atoms with van der Waals surface area (Å²) in [7, 11) is 2.48. The molecule has 0 bridgehead atoms. The number of nitrogens with one attached hydrogen (secondary N) is 4. The highest BCUT2D eigenvalue weighted by molar-refractivity contribution is 5.87. The number of H-pyrrole nitrogens is 2. The van der Waals surface area contributed by atoms with Crippen LogP contribution in [0.15, 0.2) is 48.7 Å². The molecule has 0 saturated carbocycles. The van der Waals surface area contributed by atoms with E-state index in [4.69, 9.17) is 9.72 Å². The van der Waals surface area contributed by atoms with Crippen molar-refractivity contribution >= 4 is 35.0 Å². The zero-order valence-corrected chi connectivity index (χ0v) is 31.0. The van der Waals surface area contributed by atoms with E-state index < -0.39 is 36.3 Å². The van der Waals surface area contributed by atoms with Crippen molar-refractivity contribution in [3.8, 4) is 23.1 Å². The maximum absolute atomic E-state index is 13.5. The van der Waals surface area contributed by atoms with Gasteiger partial charge in [-0.1, -0.05) is 37.8 Å². The number of carbonyl (C=O) groups excluding carboxylic acids is 4. The second-order valence-electron chi connectivity index (χ2n) is 14.0. The zero-order valence-electron chi connectivity index (χ0n) is 31.0. The van der Waals surface area contributed by atoms with E-state index in [2.05, 4.69) is 42.2 Å². The van der Waals surface area contributed by atoms with Gasteiger partial charge in [0.15, 0.2) is 0 Å². The molecule has 15 heteroatoms. The highest BCUT2D eigenvalue weighted by atomic mass is 16.5. The predicted octanol–water partition coefficient (Wildman–Crippen LogP) is 4.17. The van der Waals surface area contributed by atoms with Gasteiger partial charge in [0.25, 0.3) is 0 Å². The number of aromatic nitrogens is 4. The van der Waals surface area contributed by atoms with Gasteiger partial charge >= 0.3 is 12.2 Å². The Morgan fingerprint density at radius 1 is 0.815 bits per heavy atom. The van der Waals surface area contributed by atoms with E-state index in [1.54, 1.807) is 16.0 Å². The standard InChI is InChI=1S/C39H46N8O7/c1-22(2)32(44-38(51)53-4)36(49)46-18-6-8-30(46)34-40-21-29(43-34)26-15-12-24(13-16-26)10-11-25-14-17-27-28(20-25)42-35(41-27)31-9-7-19-47(31)37(50)33(23(3)48)45-39(52)54-5/h12-17,20-23,30-33,48H,6-9,18-19H2,1-5H3,(H,40,43)(H,41,42)(H,44,51)(H,45,52)/t23-,30-,31-,32-,33?/m0/s1. The van der Waals surface area contributed by atoms with Crippen LogP contribution in [-0.2, 0) is 19.1 Å². The van der Waals surface area contributed by atoms with Gasteiger partial charge in [0.05, 0.1) is 55.3 Å². The molecule has 15 nitrogen and oxygen atoms in total. The molecule has 5 N–H and O–H groups in total. The van der Waals surface area contributed by atoms with E-state index >= 15 is 0 Å². The molecule has 2 aliphatic heterocycles. The highest BCUT2D eigenvalue weighted by Gasteiger charge is 2.39. The van der Waals surface area contributed by atoms with Crippen LogP contribution in [0, 0.1) is 17.8 Å². The van der Waals surface area contributed by atoms with E-state index in [0.29, 0.717) is 31.2 Å². The van der Waals surface area contributed by atoms with Crippen molar-refractivity contribution in [2.45, 2.75) is 76.7 Å². The van der Waals surface area contributed by atoms with Gasteiger partial charge in [0, 0.05) is 24.2 Å². The van der Waals surface area contributed by atoms with Crippen LogP contribution >= 0.6 is 0 Å². The summed E-state index contributed by atoms with van der Waals surface area (Å²) in [4.78, 5) is 70.2. The van der Waals surface area contributed by atoms with Gasteiger partial charge in [-0.2, -0.15) is 0 Å². The summed E-state index contributed by atoms with van der Waals surface area (Å²) in [6.45, 7) is 6.28. The number of methoxy groups -OCH3 is 2. The molecule has 6 rings (SSSR count). The number of hydrogen-bond donors (Lipinski definition) is 5. The number of aliphatic hydroxyl groups is 1. The first-order valence-electron chi connectivity index (χ1n) is 18.1. The summed E-state index contributed by atoms with van der Waals surface area (Å²) >= 11 is 0. The normalized spacial score (nSPS) is 18.5. The minimum atomic E-state index is -1.14. The average Bonchev–Trinajstić information content (AvgIpc) is 4.00. The Balaban J connectivity index is 1.12. The fourth-order valence-electron chi connectivity index (χ4n) is 7.06. The minimum Gasteiger partial charge on any atom is -0.453 e. The minimum absolute atomic E-state index is 0.115. The number of likely N-dealkylation sites (tertiary alicyclic amines) is 2. The summed E-state index contributed by atoms with van der Waals surface area (Å²) in [5.41, 5.74) is 4.87. The molecule has 2 aromatic heterocycles. The molecule has 0 aliphatic carbocycles. The van der Waals surface area contributed by atoms with Gasteiger partial charge in [-0.05, 0) is 74.4 Å². The van der Waals surface area contributed by atoms with Crippen LogP contribution in [0.4, 0.5) is 9.59 Å². The van der Waals surface area contributed by atoms with Crippen molar-refractivity contribution in [1.82, 2.24) is 40.4 Å². The quantitative estimate of drug-likeness (QED) is 0.157. The van der Waals surface area contributed by atoms with E-state index in [0.717, 1.165) is 52.7 Å². The van der Waals surface area contributed by atoms with Gasteiger partial charge in [-0.3, -0.25) is 9.59 Å². The fraction of sp³-hybridized carbons (Fsp3) is 0.436. The average molecular weight is 739 g/mol. The zero-order chi connectivity index (χ0) is 38.5. The lowest BCUT2D eigenvalue weighted by Crippen LogP contribution is -2.53. The Kier molecular flexibility index (Phi) is 11.5. The van der Waals surface area contributed by atoms with Crippen molar-refractivity contribution in [2.75, 3.05) is 27.3 Å². The van der Waals surface area contributed by atoms with Crippen LogP contribution < -0.4 is 10.6 Å². The lowest BCUT2D eigenvalue weighted by Gasteiger charge is -2.30. The first kappa shape index (κ1) is 37.9. The number of fused-ring (bicyclic) bond motifs is 1. The SMILES string of the molecule is COC(=O)NC(C(=O)N1CCC[C@H]1c1nc2ccc(C#Cc3ccc(-c4cnc([C@@H]5CCCN5C(=O)[C@@H](NC(=O)OC)C(C)C)[nH]4)cc3)cc2[nH]1)[C@H](C)O. The number of nitrogens with zero attached hydrogens (tertiary/aromatic N) is 4. The maximum atomic E-state index is 13.5. The van der Waals surface area contributed by atoms with Gasteiger partial charge in [0.1, 0.15) is 23.7 Å². The van der Waals surface area contributed by atoms with Crippen LogP contribution in [0.2, 0.25) is 0 Å². The second-order valence-corrected chi connectivity index (χ2v) is 14.0. The Bertz CT molecular complexity index is 2060. The first-order chi connectivity index (χ1) is 26.0. The molecular weight excluding hydrogens is 692 g/mol. The highest BCUT2D eigenvalue weighted by Crippen LogP contribution is 2.34. The van der Waals surface area contributed by atoms with Crippen molar-refractivity contribution in [3.63, 3.8) is 0 Å². The van der Waals surface area contributed by atoms with Crippen LogP contribution in [0.5, 0.6) is 0 Å². The van der Waals surface area contributed by atoms with E-state index in [9.17, 15) is 24.3 Å². The molecular formula is C39H46N8O7. The number of aliphatic hydroxyl groups excluding tert-OH is 1. The number of alkyl carbamates (subject to hydrolysis) is 2. The summed E-state index contributed by atoms with van der Waals surface area (Å²) in [5, 5.41) is 15.3. The molecule has 4 amide bonds. The summed E-state index contributed by atoms with van der Waals surface area (Å²) in [6.07, 6.45) is 2.27. The number of aromatic amines is 2. The molecule has 4 heterocycles. The van der Waals surface area contributed by atoms with Crippen molar-refractivity contribution in [1.29, 1.82) is 0 Å². The smallest absolute Gasteiger partial charge is 0.407 e. The largest absolute Gasteiger partial charge is 0.453 e. The molecule has 4 aromatic rings. The second kappa shape index (κ2) is 16.4. The molecule has 284 valence electrons. The number of hydrogen-bond acceptors (Lipinski definition) is 9. The number of amides is 4. The topological polar surface area (TPSA) is 195 Å². The monoisotopic (exact) mass is 738 g/mol. The van der Waals surface area contributed by atoms with Gasteiger partial charge in [0.2, 0.25) is 11.8 Å². The summed E-state index contributed by atoms with van der Waals surface area (Å²) < 4.78 is 9.38. The molecule has 0 radical (unpaired) electrons. The Labute approximate surface area is 313 Å². The Morgan fingerprint density at radius 3 is 2.00 bits per heavy atom. The van der Waals surface area contributed by atoms with E-state index in [-0.39, 0.29) is 23.9 Å². The van der Waals surface area contributed by atoms with Gasteiger partial charge < -0.3 is 45.0 Å². The maximum Gasteiger partial charge on any atom is 0.407 e. The van der Waals surface area contributed by atoms with Gasteiger partial charge in [-0.15, -0.1) is 0 Å². The van der Waals surface area contributed by atoms with E-state index in [1.807, 2.05) is 56.3 Å². The molecule has 2 aromatic carbocycles. The van der Waals surface area contributed by atoms with Gasteiger partial charge in [-0.25, -0.2) is 19.6 Å². The third-order valence-corrected chi connectivity index (χ3v) is 9.94.